The molecule has 0 saturated heterocycles. The molecule has 8 heteroatoms. The fourth-order valence-corrected chi connectivity index (χ4v) is 4.30. The normalized spacial score (nSPS) is 11.7. The van der Waals surface area contributed by atoms with Gasteiger partial charge in [0.25, 0.3) is 0 Å². The summed E-state index contributed by atoms with van der Waals surface area (Å²) in [7, 11) is 0. The van der Waals surface area contributed by atoms with Gasteiger partial charge in [-0.15, -0.1) is 10.2 Å². The predicted octanol–water partition coefficient (Wildman–Crippen LogP) is 3.61. The average molecular weight is 399 g/mol. The molecular weight excluding hydrogens is 380 g/mol. The average Bonchev–Trinajstić information content (AvgIpc) is 3.14. The number of ketones is 1. The van der Waals surface area contributed by atoms with Gasteiger partial charge >= 0.3 is 0 Å². The summed E-state index contributed by atoms with van der Waals surface area (Å²) in [4.78, 5) is 23.5. The van der Waals surface area contributed by atoms with Gasteiger partial charge in [-0.2, -0.15) is 0 Å². The Morgan fingerprint density at radius 3 is 2.44 bits per heavy atom. The van der Waals surface area contributed by atoms with E-state index < -0.39 is 5.91 Å². The number of nitrogens with zero attached hydrogens (tertiary/aromatic N) is 2. The minimum atomic E-state index is -0.445. The van der Waals surface area contributed by atoms with Crippen molar-refractivity contribution in [1.29, 1.82) is 0 Å². The summed E-state index contributed by atoms with van der Waals surface area (Å²) in [5, 5.41) is 11.9. The van der Waals surface area contributed by atoms with Crippen LogP contribution in [0.2, 0.25) is 0 Å². The largest absolute Gasteiger partial charge is 0.366 e. The molecule has 138 valence electrons. The van der Waals surface area contributed by atoms with Gasteiger partial charge in [-0.25, -0.2) is 0 Å². The standard InChI is InChI=1S/C19H18N4O2S2/c1-12(16(24)14-5-3-2-4-6-14)26-19-23-22-18(27-19)21-11-13-7-9-15(10-8-13)17(20)25/h2-10,12H,11H2,1H3,(H2,20,25)(H,21,22). The maximum absolute atomic E-state index is 12.4. The van der Waals surface area contributed by atoms with Crippen molar-refractivity contribution in [3.63, 3.8) is 0 Å². The second-order valence-electron chi connectivity index (χ2n) is 5.78. The molecule has 1 heterocycles. The summed E-state index contributed by atoms with van der Waals surface area (Å²) >= 11 is 2.80. The number of amides is 1. The first-order chi connectivity index (χ1) is 13.0. The zero-order valence-electron chi connectivity index (χ0n) is 14.6. The van der Waals surface area contributed by atoms with Crippen LogP contribution in [0.5, 0.6) is 0 Å². The van der Waals surface area contributed by atoms with Gasteiger partial charge in [-0.3, -0.25) is 9.59 Å². The van der Waals surface area contributed by atoms with E-state index in [0.29, 0.717) is 22.8 Å². The van der Waals surface area contributed by atoms with Crippen LogP contribution >= 0.6 is 23.1 Å². The Balaban J connectivity index is 1.55. The SMILES string of the molecule is CC(Sc1nnc(NCc2ccc(C(N)=O)cc2)s1)C(=O)c1ccccc1. The highest BCUT2D eigenvalue weighted by molar-refractivity contribution is 8.02. The minimum Gasteiger partial charge on any atom is -0.366 e. The number of hydrogen-bond donors (Lipinski definition) is 2. The Bertz CT molecular complexity index is 926. The molecule has 0 aliphatic heterocycles. The van der Waals surface area contributed by atoms with Crippen LogP contribution in [0.3, 0.4) is 0 Å². The summed E-state index contributed by atoms with van der Waals surface area (Å²) in [5.41, 5.74) is 7.40. The van der Waals surface area contributed by atoms with Gasteiger partial charge < -0.3 is 11.1 Å². The second kappa shape index (κ2) is 8.79. The minimum absolute atomic E-state index is 0.0693. The molecule has 0 aliphatic rings. The second-order valence-corrected chi connectivity index (χ2v) is 8.34. The van der Waals surface area contributed by atoms with Crippen molar-refractivity contribution in [2.75, 3.05) is 5.32 Å². The van der Waals surface area contributed by atoms with Crippen LogP contribution in [-0.4, -0.2) is 27.1 Å². The summed E-state index contributed by atoms with van der Waals surface area (Å²) in [6.07, 6.45) is 0. The number of nitrogens with one attached hydrogen (secondary N) is 1. The molecule has 27 heavy (non-hydrogen) atoms. The lowest BCUT2D eigenvalue weighted by atomic mass is 10.1. The number of Topliss-reactive ketones (excluding diaryl/α,β-unsaturated/α-hetero) is 1. The quantitative estimate of drug-likeness (QED) is 0.444. The van der Waals surface area contributed by atoms with Crippen LogP contribution in [0, 0.1) is 0 Å². The number of carbonyl (C=O) groups is 2. The fourth-order valence-electron chi connectivity index (χ4n) is 2.34. The zero-order valence-corrected chi connectivity index (χ0v) is 16.2. The maximum Gasteiger partial charge on any atom is 0.248 e. The first kappa shape index (κ1) is 19.1. The molecule has 6 nitrogen and oxygen atoms in total. The van der Waals surface area contributed by atoms with Crippen molar-refractivity contribution in [2.24, 2.45) is 5.73 Å². The van der Waals surface area contributed by atoms with Gasteiger partial charge in [0, 0.05) is 17.7 Å². The third-order valence-corrected chi connectivity index (χ3v) is 5.86. The van der Waals surface area contributed by atoms with Gasteiger partial charge in [0.15, 0.2) is 10.1 Å². The number of carbonyl (C=O) groups excluding carboxylic acids is 2. The first-order valence-corrected chi connectivity index (χ1v) is 9.94. The number of anilines is 1. The highest BCUT2D eigenvalue weighted by Gasteiger charge is 2.18. The molecule has 0 spiro atoms. The molecule has 0 aliphatic carbocycles. The summed E-state index contributed by atoms with van der Waals surface area (Å²) < 4.78 is 0.735. The van der Waals surface area contributed by atoms with E-state index in [-0.39, 0.29) is 11.0 Å². The number of thioether (sulfide) groups is 1. The van der Waals surface area contributed by atoms with Crippen molar-refractivity contribution >= 4 is 39.9 Å². The number of hydrogen-bond acceptors (Lipinski definition) is 7. The Morgan fingerprint density at radius 1 is 1.07 bits per heavy atom. The molecule has 2 aromatic carbocycles. The van der Waals surface area contributed by atoms with Crippen LogP contribution in [0.15, 0.2) is 58.9 Å². The van der Waals surface area contributed by atoms with Crippen LogP contribution in [0.4, 0.5) is 5.13 Å². The number of aromatic nitrogens is 2. The van der Waals surface area contributed by atoms with Crippen LogP contribution in [0.1, 0.15) is 33.2 Å². The lowest BCUT2D eigenvalue weighted by Crippen LogP contribution is -2.13. The molecule has 1 atom stereocenters. The Hall–Kier alpha value is -2.71. The van der Waals surface area contributed by atoms with Crippen molar-refractivity contribution in [2.45, 2.75) is 23.1 Å². The van der Waals surface area contributed by atoms with Crippen LogP contribution < -0.4 is 11.1 Å². The molecule has 1 unspecified atom stereocenters. The Morgan fingerprint density at radius 2 is 1.78 bits per heavy atom. The molecule has 3 rings (SSSR count). The van der Waals surface area contributed by atoms with Crippen molar-refractivity contribution in [3.8, 4) is 0 Å². The zero-order chi connectivity index (χ0) is 19.2. The van der Waals surface area contributed by atoms with Crippen molar-refractivity contribution in [3.05, 3.63) is 71.3 Å². The van der Waals surface area contributed by atoms with E-state index in [9.17, 15) is 9.59 Å². The number of rotatable bonds is 8. The molecule has 0 saturated carbocycles. The third-order valence-electron chi connectivity index (χ3n) is 3.79. The summed E-state index contributed by atoms with van der Waals surface area (Å²) in [6, 6.07) is 16.3. The molecule has 3 N–H and O–H groups in total. The van der Waals surface area contributed by atoms with E-state index in [1.165, 1.54) is 23.1 Å². The molecule has 1 amide bonds. The Labute approximate surface area is 165 Å². The molecule has 0 fully saturated rings. The summed E-state index contributed by atoms with van der Waals surface area (Å²) in [6.45, 7) is 2.42. The van der Waals surface area contributed by atoms with Crippen molar-refractivity contribution < 1.29 is 9.59 Å². The molecular formula is C19H18N4O2S2. The highest BCUT2D eigenvalue weighted by Crippen LogP contribution is 2.30. The molecule has 0 radical (unpaired) electrons. The number of benzene rings is 2. The van der Waals surface area contributed by atoms with Gasteiger partial charge in [0.1, 0.15) is 0 Å². The first-order valence-electron chi connectivity index (χ1n) is 8.25. The predicted molar refractivity (Wildman–Crippen MR) is 108 cm³/mol. The van der Waals surface area contributed by atoms with E-state index in [0.717, 1.165) is 9.90 Å². The highest BCUT2D eigenvalue weighted by atomic mass is 32.2. The third kappa shape index (κ3) is 5.15. The van der Waals surface area contributed by atoms with Crippen LogP contribution in [0.25, 0.3) is 0 Å². The lowest BCUT2D eigenvalue weighted by molar-refractivity contribution is 0.0988. The molecule has 1 aromatic heterocycles. The van der Waals surface area contributed by atoms with Gasteiger partial charge in [-0.1, -0.05) is 65.6 Å². The van der Waals surface area contributed by atoms with Gasteiger partial charge in [-0.05, 0) is 24.6 Å². The van der Waals surface area contributed by atoms with Gasteiger partial charge in [0.05, 0.1) is 5.25 Å². The molecule has 0 bridgehead atoms. The van der Waals surface area contributed by atoms with Crippen LogP contribution in [-0.2, 0) is 6.54 Å². The molecule has 3 aromatic rings. The van der Waals surface area contributed by atoms with E-state index >= 15 is 0 Å². The Kier molecular flexibility index (Phi) is 6.20. The number of primary amides is 1. The van der Waals surface area contributed by atoms with E-state index in [2.05, 4.69) is 15.5 Å². The van der Waals surface area contributed by atoms with E-state index in [1.807, 2.05) is 49.4 Å². The maximum atomic E-state index is 12.4. The lowest BCUT2D eigenvalue weighted by Gasteiger charge is -2.07. The van der Waals surface area contributed by atoms with E-state index in [4.69, 9.17) is 5.73 Å². The monoisotopic (exact) mass is 398 g/mol. The van der Waals surface area contributed by atoms with E-state index in [1.54, 1.807) is 12.1 Å². The van der Waals surface area contributed by atoms with Gasteiger partial charge in [0.2, 0.25) is 11.0 Å². The number of nitrogens with two attached hydrogens (primary N) is 1. The summed E-state index contributed by atoms with van der Waals surface area (Å²) in [5.74, 6) is -0.376. The van der Waals surface area contributed by atoms with Crippen molar-refractivity contribution in [1.82, 2.24) is 10.2 Å². The smallest absolute Gasteiger partial charge is 0.248 e. The topological polar surface area (TPSA) is 98.0 Å². The fraction of sp³-hybridized carbons (Fsp3) is 0.158.